The van der Waals surface area contributed by atoms with Gasteiger partial charge in [0.15, 0.2) is 6.29 Å². The van der Waals surface area contributed by atoms with Crippen LogP contribution in [0.1, 0.15) is 22.3 Å². The van der Waals surface area contributed by atoms with Gasteiger partial charge >= 0.3 is 0 Å². The summed E-state index contributed by atoms with van der Waals surface area (Å²) in [6, 6.07) is 35.7. The highest BCUT2D eigenvalue weighted by molar-refractivity contribution is 7.86. The Labute approximate surface area is 271 Å². The van der Waals surface area contributed by atoms with E-state index in [0.717, 1.165) is 22.3 Å². The quantitative estimate of drug-likeness (QED) is 0.103. The Hall–Kier alpha value is -3.67. The fourth-order valence-electron chi connectivity index (χ4n) is 5.11. The summed E-state index contributed by atoms with van der Waals surface area (Å²) in [5.74, 6) is 0. The summed E-state index contributed by atoms with van der Waals surface area (Å²) in [6.07, 6.45) is -2.48. The summed E-state index contributed by atoms with van der Waals surface area (Å²) in [5.41, 5.74) is 3.79. The average Bonchev–Trinajstić information content (AvgIpc) is 3.09. The van der Waals surface area contributed by atoms with E-state index in [2.05, 4.69) is 6.58 Å². The van der Waals surface area contributed by atoms with Crippen molar-refractivity contribution >= 4 is 10.1 Å². The summed E-state index contributed by atoms with van der Waals surface area (Å²) >= 11 is 0. The Morgan fingerprint density at radius 3 is 1.63 bits per heavy atom. The smallest absolute Gasteiger partial charge is 0.297 e. The van der Waals surface area contributed by atoms with Crippen LogP contribution < -0.4 is 0 Å². The molecule has 0 spiro atoms. The largest absolute Gasteiger partial charge is 0.368 e. The monoisotopic (exact) mass is 644 g/mol. The molecule has 5 atom stereocenters. The summed E-state index contributed by atoms with van der Waals surface area (Å²) in [4.78, 5) is 0.0519. The number of rotatable bonds is 16. The van der Waals surface area contributed by atoms with Gasteiger partial charge in [0, 0.05) is 0 Å². The molecule has 1 saturated heterocycles. The van der Waals surface area contributed by atoms with Gasteiger partial charge in [-0.1, -0.05) is 115 Å². The molecular weight excluding hydrogens is 604 g/mol. The van der Waals surface area contributed by atoms with E-state index in [0.29, 0.717) is 0 Å². The highest BCUT2D eigenvalue weighted by atomic mass is 32.2. The van der Waals surface area contributed by atoms with Crippen LogP contribution in [0.2, 0.25) is 0 Å². The molecule has 0 bridgehead atoms. The van der Waals surface area contributed by atoms with Crippen molar-refractivity contribution in [2.45, 2.75) is 62.3 Å². The first-order chi connectivity index (χ1) is 22.4. The SMILES string of the molecule is C=CCO[C@H]1O[C@H](COS(=O)(=O)c2ccc(C)cc2)[C@@H](OCc2ccccc2)[C@H](OCc2ccccc2)[C@H]1OCc1ccccc1. The van der Waals surface area contributed by atoms with Crippen LogP contribution in [0.5, 0.6) is 0 Å². The van der Waals surface area contributed by atoms with Crippen molar-refractivity contribution in [1.82, 2.24) is 0 Å². The lowest BCUT2D eigenvalue weighted by Crippen LogP contribution is -2.61. The molecule has 0 saturated carbocycles. The third-order valence-electron chi connectivity index (χ3n) is 7.52. The van der Waals surface area contributed by atoms with E-state index < -0.39 is 40.8 Å². The average molecular weight is 645 g/mol. The zero-order chi connectivity index (χ0) is 32.2. The van der Waals surface area contributed by atoms with Crippen molar-refractivity contribution < 1.29 is 36.3 Å². The highest BCUT2D eigenvalue weighted by Gasteiger charge is 2.49. The predicted molar refractivity (Wildman–Crippen MR) is 174 cm³/mol. The summed E-state index contributed by atoms with van der Waals surface area (Å²) in [5, 5.41) is 0. The molecule has 0 unspecified atom stereocenters. The van der Waals surface area contributed by atoms with Gasteiger partial charge in [0.05, 0.1) is 37.9 Å². The van der Waals surface area contributed by atoms with E-state index >= 15 is 0 Å². The maximum absolute atomic E-state index is 13.2. The van der Waals surface area contributed by atoms with Gasteiger partial charge in [-0.3, -0.25) is 4.18 Å². The van der Waals surface area contributed by atoms with Gasteiger partial charge in [0.1, 0.15) is 24.4 Å². The van der Waals surface area contributed by atoms with Crippen LogP contribution in [0.4, 0.5) is 0 Å². The fourth-order valence-corrected chi connectivity index (χ4v) is 6.03. The lowest BCUT2D eigenvalue weighted by Gasteiger charge is -2.45. The van der Waals surface area contributed by atoms with Crippen LogP contribution in [-0.2, 0) is 57.8 Å². The number of hydrogen-bond donors (Lipinski definition) is 0. The maximum Gasteiger partial charge on any atom is 0.297 e. The molecule has 1 aliphatic heterocycles. The van der Waals surface area contributed by atoms with E-state index in [1.54, 1.807) is 18.2 Å². The van der Waals surface area contributed by atoms with Crippen molar-refractivity contribution in [3.8, 4) is 0 Å². The Balaban J connectivity index is 1.46. The fraction of sp³-hybridized carbons (Fsp3) is 0.297. The Kier molecular flexibility index (Phi) is 12.3. The van der Waals surface area contributed by atoms with Gasteiger partial charge in [-0.25, -0.2) is 0 Å². The molecular formula is C37H40O8S. The van der Waals surface area contributed by atoms with Gasteiger partial charge in [0.2, 0.25) is 0 Å². The van der Waals surface area contributed by atoms with Crippen LogP contribution in [0.25, 0.3) is 0 Å². The van der Waals surface area contributed by atoms with Gasteiger partial charge in [-0.2, -0.15) is 8.42 Å². The first-order valence-corrected chi connectivity index (χ1v) is 16.6. The van der Waals surface area contributed by atoms with Crippen molar-refractivity contribution in [2.24, 2.45) is 0 Å². The van der Waals surface area contributed by atoms with Crippen LogP contribution in [0.15, 0.2) is 133 Å². The minimum Gasteiger partial charge on any atom is -0.368 e. The molecule has 1 fully saturated rings. The molecule has 1 heterocycles. The van der Waals surface area contributed by atoms with Gasteiger partial charge in [-0.15, -0.1) is 6.58 Å². The predicted octanol–water partition coefficient (Wildman–Crippen LogP) is 6.38. The lowest BCUT2D eigenvalue weighted by molar-refractivity contribution is -0.323. The normalized spacial score (nSPS) is 21.5. The van der Waals surface area contributed by atoms with Gasteiger partial charge in [0.25, 0.3) is 10.1 Å². The molecule has 0 N–H and O–H groups in total. The van der Waals surface area contributed by atoms with E-state index in [1.807, 2.05) is 97.9 Å². The zero-order valence-corrected chi connectivity index (χ0v) is 26.7. The molecule has 8 nitrogen and oxygen atoms in total. The number of hydrogen-bond acceptors (Lipinski definition) is 8. The van der Waals surface area contributed by atoms with E-state index in [-0.39, 0.29) is 37.9 Å². The molecule has 46 heavy (non-hydrogen) atoms. The molecule has 9 heteroatoms. The van der Waals surface area contributed by atoms with Crippen molar-refractivity contribution in [3.05, 3.63) is 150 Å². The molecule has 0 amide bonds. The summed E-state index contributed by atoms with van der Waals surface area (Å²) in [6.45, 7) is 6.26. The molecule has 0 aromatic heterocycles. The summed E-state index contributed by atoms with van der Waals surface area (Å²) in [7, 11) is -4.10. The molecule has 0 aliphatic carbocycles. The third-order valence-corrected chi connectivity index (χ3v) is 8.82. The van der Waals surface area contributed by atoms with Crippen LogP contribution >= 0.6 is 0 Å². The van der Waals surface area contributed by atoms with Crippen LogP contribution in [0, 0.1) is 6.92 Å². The molecule has 5 rings (SSSR count). The number of ether oxygens (including phenoxy) is 5. The number of aryl methyl sites for hydroxylation is 1. The van der Waals surface area contributed by atoms with E-state index in [9.17, 15) is 8.42 Å². The Bertz CT molecular complexity index is 1580. The summed E-state index contributed by atoms with van der Waals surface area (Å²) < 4.78 is 64.2. The highest BCUT2D eigenvalue weighted by Crippen LogP contribution is 2.32. The molecule has 1 aliphatic rings. The first kappa shape index (κ1) is 33.7. The van der Waals surface area contributed by atoms with Gasteiger partial charge in [-0.05, 0) is 35.7 Å². The molecule has 0 radical (unpaired) electrons. The van der Waals surface area contributed by atoms with Crippen LogP contribution in [0.3, 0.4) is 0 Å². The van der Waals surface area contributed by atoms with E-state index in [4.69, 9.17) is 27.9 Å². The standard InChI is InChI=1S/C37H40O8S/c1-3-23-40-37-36(43-26-31-17-11-6-12-18-31)35(42-25-30-15-9-5-10-16-30)34(41-24-29-13-7-4-8-14-29)33(45-37)27-44-46(38,39)32-21-19-28(2)20-22-32/h3-22,33-37H,1,23-27H2,2H3/t33-,34-,35+,36-,37+/m1/s1. The third kappa shape index (κ3) is 9.43. The van der Waals surface area contributed by atoms with Gasteiger partial charge < -0.3 is 23.7 Å². The maximum atomic E-state index is 13.2. The van der Waals surface area contributed by atoms with Crippen LogP contribution in [-0.4, -0.2) is 52.3 Å². The Morgan fingerprint density at radius 1 is 0.652 bits per heavy atom. The Morgan fingerprint density at radius 2 is 1.13 bits per heavy atom. The van der Waals surface area contributed by atoms with Crippen molar-refractivity contribution in [1.29, 1.82) is 0 Å². The second kappa shape index (κ2) is 16.8. The minimum absolute atomic E-state index is 0.0519. The van der Waals surface area contributed by atoms with E-state index in [1.165, 1.54) is 12.1 Å². The zero-order valence-electron chi connectivity index (χ0n) is 25.9. The number of benzene rings is 4. The minimum atomic E-state index is -4.10. The molecule has 4 aromatic rings. The van der Waals surface area contributed by atoms with Crippen molar-refractivity contribution in [2.75, 3.05) is 13.2 Å². The second-order valence-electron chi connectivity index (χ2n) is 11.0. The topological polar surface area (TPSA) is 89.5 Å². The molecule has 4 aromatic carbocycles. The lowest BCUT2D eigenvalue weighted by atomic mass is 9.98. The second-order valence-corrected chi connectivity index (χ2v) is 12.6. The molecule has 242 valence electrons. The van der Waals surface area contributed by atoms with Crippen molar-refractivity contribution in [3.63, 3.8) is 0 Å². The first-order valence-electron chi connectivity index (χ1n) is 15.2.